The molecule has 115 valence electrons. The van der Waals surface area contributed by atoms with E-state index in [9.17, 15) is 0 Å². The van der Waals surface area contributed by atoms with Crippen LogP contribution in [0.2, 0.25) is 0 Å². The van der Waals surface area contributed by atoms with E-state index >= 15 is 0 Å². The number of unbranched alkanes of at least 4 members (excludes halogenated alkanes) is 11. The summed E-state index contributed by atoms with van der Waals surface area (Å²) in [6.07, 6.45) is 20.9. The van der Waals surface area contributed by atoms with Gasteiger partial charge in [-0.1, -0.05) is 113 Å². The van der Waals surface area contributed by atoms with Gasteiger partial charge in [0.1, 0.15) is 0 Å². The van der Waals surface area contributed by atoms with Crippen molar-refractivity contribution in [3.63, 3.8) is 0 Å². The van der Waals surface area contributed by atoms with Crippen molar-refractivity contribution in [1.82, 2.24) is 0 Å². The summed E-state index contributed by atoms with van der Waals surface area (Å²) in [5.41, 5.74) is 0. The Labute approximate surface area is 131 Å². The summed E-state index contributed by atoms with van der Waals surface area (Å²) in [5.74, 6) is 0. The van der Waals surface area contributed by atoms with Crippen molar-refractivity contribution >= 4 is 15.9 Å². The molecular weight excluding hydrogens is 296 g/mol. The molecule has 0 spiro atoms. The smallest absolute Gasteiger partial charge is 0.0145 e. The summed E-state index contributed by atoms with van der Waals surface area (Å²) in [5, 5.41) is 0. The van der Waals surface area contributed by atoms with Gasteiger partial charge in [0, 0.05) is 4.83 Å². The van der Waals surface area contributed by atoms with Gasteiger partial charge >= 0.3 is 0 Å². The van der Waals surface area contributed by atoms with Gasteiger partial charge in [0.2, 0.25) is 0 Å². The molecule has 0 amide bonds. The second-order valence-corrected chi connectivity index (χ2v) is 7.21. The number of halogens is 1. The standard InChI is InChI=1S/C18H36Br/c1-3-5-6-7-8-9-10-11-12-13-14-15-17-18(19)16-4-2/h18H,2-17H2,1H3. The molecule has 0 fully saturated rings. The Morgan fingerprint density at radius 1 is 0.684 bits per heavy atom. The Morgan fingerprint density at radius 3 is 1.53 bits per heavy atom. The van der Waals surface area contributed by atoms with Crippen LogP contribution in [-0.2, 0) is 0 Å². The molecule has 0 aromatic heterocycles. The third kappa shape index (κ3) is 16.4. The third-order valence-corrected chi connectivity index (χ3v) is 4.80. The molecular formula is C18H36Br. The maximum Gasteiger partial charge on any atom is 0.0145 e. The molecule has 1 heteroatoms. The lowest BCUT2D eigenvalue weighted by molar-refractivity contribution is 0.536. The van der Waals surface area contributed by atoms with Crippen LogP contribution in [0.5, 0.6) is 0 Å². The minimum Gasteiger partial charge on any atom is -0.0891 e. The van der Waals surface area contributed by atoms with E-state index in [-0.39, 0.29) is 0 Å². The van der Waals surface area contributed by atoms with Crippen LogP contribution < -0.4 is 0 Å². The van der Waals surface area contributed by atoms with Crippen LogP contribution in [0.3, 0.4) is 0 Å². The van der Waals surface area contributed by atoms with Gasteiger partial charge in [0.25, 0.3) is 0 Å². The van der Waals surface area contributed by atoms with E-state index in [1.165, 1.54) is 89.9 Å². The number of rotatable bonds is 15. The topological polar surface area (TPSA) is 0 Å². The third-order valence-electron chi connectivity index (χ3n) is 3.89. The number of alkyl halides is 1. The maximum absolute atomic E-state index is 3.91. The molecule has 0 aliphatic rings. The molecule has 1 atom stereocenters. The summed E-state index contributed by atoms with van der Waals surface area (Å²) in [4.78, 5) is 0.716. The molecule has 0 aliphatic carbocycles. The van der Waals surface area contributed by atoms with Crippen LogP contribution in [0.25, 0.3) is 0 Å². The van der Waals surface area contributed by atoms with Gasteiger partial charge in [-0.25, -0.2) is 0 Å². The van der Waals surface area contributed by atoms with E-state index in [4.69, 9.17) is 0 Å². The first-order chi connectivity index (χ1) is 9.31. The van der Waals surface area contributed by atoms with E-state index in [1.807, 2.05) is 0 Å². The molecule has 0 heterocycles. The normalized spacial score (nSPS) is 12.8. The summed E-state index contributed by atoms with van der Waals surface area (Å²) in [6, 6.07) is 0. The molecule has 0 rings (SSSR count). The monoisotopic (exact) mass is 331 g/mol. The summed E-state index contributed by atoms with van der Waals surface area (Å²) < 4.78 is 0. The van der Waals surface area contributed by atoms with Crippen molar-refractivity contribution in [1.29, 1.82) is 0 Å². The van der Waals surface area contributed by atoms with Crippen molar-refractivity contribution in [3.8, 4) is 0 Å². The van der Waals surface area contributed by atoms with Crippen LogP contribution in [0, 0.1) is 6.92 Å². The van der Waals surface area contributed by atoms with Crippen LogP contribution >= 0.6 is 15.9 Å². The predicted octanol–water partition coefficient (Wildman–Crippen LogP) is 7.46. The van der Waals surface area contributed by atoms with Gasteiger partial charge in [-0.15, -0.1) is 0 Å². The molecule has 0 bridgehead atoms. The van der Waals surface area contributed by atoms with Crippen LogP contribution in [-0.4, -0.2) is 4.83 Å². The Kier molecular flexibility index (Phi) is 17.0. The maximum atomic E-state index is 3.91. The predicted molar refractivity (Wildman–Crippen MR) is 93.0 cm³/mol. The first-order valence-corrected chi connectivity index (χ1v) is 9.66. The molecule has 0 N–H and O–H groups in total. The number of hydrogen-bond acceptors (Lipinski definition) is 0. The molecule has 0 saturated heterocycles. The SMILES string of the molecule is [CH2]CCC(Br)CCCCCCCCCCCCCC. The zero-order valence-electron chi connectivity index (χ0n) is 13.3. The van der Waals surface area contributed by atoms with Gasteiger partial charge in [-0.2, -0.15) is 0 Å². The molecule has 0 saturated carbocycles. The zero-order valence-corrected chi connectivity index (χ0v) is 14.9. The highest BCUT2D eigenvalue weighted by atomic mass is 79.9. The molecule has 0 aromatic carbocycles. The highest BCUT2D eigenvalue weighted by Gasteiger charge is 2.01. The van der Waals surface area contributed by atoms with Crippen molar-refractivity contribution in [3.05, 3.63) is 6.92 Å². The quantitative estimate of drug-likeness (QED) is 0.216. The second kappa shape index (κ2) is 16.5. The molecule has 1 unspecified atom stereocenters. The first kappa shape index (κ1) is 19.5. The van der Waals surface area contributed by atoms with Crippen molar-refractivity contribution in [2.75, 3.05) is 0 Å². The van der Waals surface area contributed by atoms with Crippen molar-refractivity contribution in [2.24, 2.45) is 0 Å². The van der Waals surface area contributed by atoms with Gasteiger partial charge in [0.15, 0.2) is 0 Å². The van der Waals surface area contributed by atoms with E-state index < -0.39 is 0 Å². The molecule has 0 aliphatic heterocycles. The van der Waals surface area contributed by atoms with Gasteiger partial charge in [0.05, 0.1) is 0 Å². The first-order valence-electron chi connectivity index (χ1n) is 8.74. The summed E-state index contributed by atoms with van der Waals surface area (Å²) in [6.45, 7) is 6.19. The molecule has 19 heavy (non-hydrogen) atoms. The fourth-order valence-corrected chi connectivity index (χ4v) is 3.22. The average molecular weight is 332 g/mol. The Balaban J connectivity index is 2.99. The van der Waals surface area contributed by atoms with Crippen molar-refractivity contribution in [2.45, 2.75) is 108 Å². The lowest BCUT2D eigenvalue weighted by Gasteiger charge is -2.07. The largest absolute Gasteiger partial charge is 0.0891 e. The van der Waals surface area contributed by atoms with E-state index in [0.29, 0.717) is 4.83 Å². The fraction of sp³-hybridized carbons (Fsp3) is 0.944. The van der Waals surface area contributed by atoms with Crippen LogP contribution in [0.1, 0.15) is 103 Å². The summed E-state index contributed by atoms with van der Waals surface area (Å²) >= 11 is 3.73. The minimum absolute atomic E-state index is 0.716. The van der Waals surface area contributed by atoms with Gasteiger partial charge in [-0.05, 0) is 12.8 Å². The Hall–Kier alpha value is 0.480. The lowest BCUT2D eigenvalue weighted by Crippen LogP contribution is -1.96. The van der Waals surface area contributed by atoms with E-state index in [2.05, 4.69) is 29.8 Å². The van der Waals surface area contributed by atoms with Crippen LogP contribution in [0.15, 0.2) is 0 Å². The fourth-order valence-electron chi connectivity index (χ4n) is 2.57. The van der Waals surface area contributed by atoms with Crippen molar-refractivity contribution < 1.29 is 0 Å². The highest BCUT2D eigenvalue weighted by Crippen LogP contribution is 2.17. The van der Waals surface area contributed by atoms with E-state index in [0.717, 1.165) is 6.42 Å². The molecule has 1 radical (unpaired) electrons. The zero-order chi connectivity index (χ0) is 14.2. The molecule has 0 aromatic rings. The van der Waals surface area contributed by atoms with Gasteiger partial charge in [-0.3, -0.25) is 0 Å². The summed E-state index contributed by atoms with van der Waals surface area (Å²) in [7, 11) is 0. The van der Waals surface area contributed by atoms with Gasteiger partial charge < -0.3 is 0 Å². The number of hydrogen-bond donors (Lipinski definition) is 0. The highest BCUT2D eigenvalue weighted by molar-refractivity contribution is 9.09. The van der Waals surface area contributed by atoms with Crippen LogP contribution in [0.4, 0.5) is 0 Å². The van der Waals surface area contributed by atoms with E-state index in [1.54, 1.807) is 0 Å². The minimum atomic E-state index is 0.716. The Bertz CT molecular complexity index is 156. The average Bonchev–Trinajstić information content (AvgIpc) is 2.40. The Morgan fingerprint density at radius 2 is 1.11 bits per heavy atom. The second-order valence-electron chi connectivity index (χ2n) is 5.92. The lowest BCUT2D eigenvalue weighted by atomic mass is 10.0. The molecule has 0 nitrogen and oxygen atoms in total.